The number of ether oxygens (including phenoxy) is 1. The Bertz CT molecular complexity index is 808. The molecule has 0 N–H and O–H groups in total. The Labute approximate surface area is 155 Å². The van der Waals surface area contributed by atoms with Gasteiger partial charge in [-0.05, 0) is 41.5 Å². The van der Waals surface area contributed by atoms with Crippen LogP contribution in [0.2, 0.25) is 0 Å². The molecule has 0 amide bonds. The summed E-state index contributed by atoms with van der Waals surface area (Å²) in [7, 11) is 0. The molecule has 3 rings (SSSR count). The van der Waals surface area contributed by atoms with Crippen molar-refractivity contribution in [3.05, 3.63) is 96.1 Å². The summed E-state index contributed by atoms with van der Waals surface area (Å²) in [6.07, 6.45) is 1.22. The van der Waals surface area contributed by atoms with Crippen molar-refractivity contribution < 1.29 is 9.53 Å². The van der Waals surface area contributed by atoms with Crippen LogP contribution in [0.3, 0.4) is 0 Å². The first-order chi connectivity index (χ1) is 12.8. The second-order valence-corrected chi connectivity index (χ2v) is 6.38. The Morgan fingerprint density at radius 1 is 0.808 bits per heavy atom. The molecule has 2 heteroatoms. The molecule has 0 fully saturated rings. The second kappa shape index (κ2) is 9.00. The molecular formula is C24H24O2. The highest BCUT2D eigenvalue weighted by Crippen LogP contribution is 2.28. The van der Waals surface area contributed by atoms with Crippen molar-refractivity contribution in [2.45, 2.75) is 25.7 Å². The van der Waals surface area contributed by atoms with Gasteiger partial charge in [0.25, 0.3) is 0 Å². The Kier molecular flexibility index (Phi) is 6.21. The average molecular weight is 344 g/mol. The molecule has 0 aliphatic heterocycles. The predicted molar refractivity (Wildman–Crippen MR) is 106 cm³/mol. The predicted octanol–water partition coefficient (Wildman–Crippen LogP) is 5.63. The van der Waals surface area contributed by atoms with Crippen molar-refractivity contribution in [3.63, 3.8) is 0 Å². The van der Waals surface area contributed by atoms with Crippen molar-refractivity contribution >= 4 is 5.97 Å². The molecule has 0 heterocycles. The zero-order chi connectivity index (χ0) is 18.2. The molecule has 0 bridgehead atoms. The molecule has 2 nitrogen and oxygen atoms in total. The van der Waals surface area contributed by atoms with E-state index in [1.165, 1.54) is 22.3 Å². The summed E-state index contributed by atoms with van der Waals surface area (Å²) in [6.45, 7) is 2.27. The van der Waals surface area contributed by atoms with Crippen LogP contribution in [0, 0.1) is 0 Å². The summed E-state index contributed by atoms with van der Waals surface area (Å²) in [4.78, 5) is 12.1. The highest BCUT2D eigenvalue weighted by atomic mass is 16.5. The SMILES string of the molecule is CCOC(=O)CC(Cc1ccccc1)c1ccc(-c2ccccc2)cc1. The Morgan fingerprint density at radius 3 is 2.00 bits per heavy atom. The van der Waals surface area contributed by atoms with Gasteiger partial charge >= 0.3 is 5.97 Å². The molecule has 1 atom stereocenters. The van der Waals surface area contributed by atoms with E-state index in [4.69, 9.17) is 4.74 Å². The standard InChI is InChI=1S/C24H24O2/c1-2-26-24(25)18-23(17-19-9-5-3-6-10-19)22-15-13-21(14-16-22)20-11-7-4-8-12-20/h3-16,23H,2,17-18H2,1H3. The third-order valence-corrected chi connectivity index (χ3v) is 4.53. The fraction of sp³-hybridized carbons (Fsp3) is 0.208. The van der Waals surface area contributed by atoms with Crippen LogP contribution in [0.1, 0.15) is 30.4 Å². The fourth-order valence-corrected chi connectivity index (χ4v) is 3.21. The van der Waals surface area contributed by atoms with Gasteiger partial charge in [-0.25, -0.2) is 0 Å². The van der Waals surface area contributed by atoms with Gasteiger partial charge in [0.15, 0.2) is 0 Å². The number of benzene rings is 3. The molecule has 0 aliphatic carbocycles. The number of rotatable bonds is 7. The molecule has 0 aromatic heterocycles. The van der Waals surface area contributed by atoms with Gasteiger partial charge in [0.1, 0.15) is 0 Å². The smallest absolute Gasteiger partial charge is 0.306 e. The number of hydrogen-bond donors (Lipinski definition) is 0. The van der Waals surface area contributed by atoms with Crippen LogP contribution in [0.4, 0.5) is 0 Å². The zero-order valence-corrected chi connectivity index (χ0v) is 15.1. The molecule has 0 saturated heterocycles. The quantitative estimate of drug-likeness (QED) is 0.519. The van der Waals surface area contributed by atoms with Crippen LogP contribution >= 0.6 is 0 Å². The van der Waals surface area contributed by atoms with Gasteiger partial charge in [-0.1, -0.05) is 84.9 Å². The van der Waals surface area contributed by atoms with Crippen LogP contribution in [-0.2, 0) is 16.0 Å². The number of esters is 1. The summed E-state index contributed by atoms with van der Waals surface area (Å²) in [5.41, 5.74) is 4.78. The van der Waals surface area contributed by atoms with Gasteiger partial charge in [0, 0.05) is 0 Å². The first-order valence-corrected chi connectivity index (χ1v) is 9.11. The molecule has 3 aromatic carbocycles. The van der Waals surface area contributed by atoms with E-state index in [9.17, 15) is 4.79 Å². The summed E-state index contributed by atoms with van der Waals surface area (Å²) in [5, 5.41) is 0. The lowest BCUT2D eigenvalue weighted by molar-refractivity contribution is -0.143. The van der Waals surface area contributed by atoms with Crippen LogP contribution in [-0.4, -0.2) is 12.6 Å². The molecule has 1 unspecified atom stereocenters. The first-order valence-electron chi connectivity index (χ1n) is 9.11. The maximum absolute atomic E-state index is 12.1. The maximum atomic E-state index is 12.1. The summed E-state index contributed by atoms with van der Waals surface area (Å²) in [6, 6.07) is 29.2. The lowest BCUT2D eigenvalue weighted by atomic mass is 9.88. The molecular weight excluding hydrogens is 320 g/mol. The fourth-order valence-electron chi connectivity index (χ4n) is 3.21. The van der Waals surface area contributed by atoms with Crippen LogP contribution < -0.4 is 0 Å². The average Bonchev–Trinajstić information content (AvgIpc) is 2.69. The number of hydrogen-bond acceptors (Lipinski definition) is 2. The van der Waals surface area contributed by atoms with Gasteiger partial charge in [-0.3, -0.25) is 4.79 Å². The van der Waals surface area contributed by atoms with Crippen molar-refractivity contribution in [1.29, 1.82) is 0 Å². The minimum Gasteiger partial charge on any atom is -0.466 e. The number of carbonyl (C=O) groups excluding carboxylic acids is 1. The second-order valence-electron chi connectivity index (χ2n) is 6.38. The zero-order valence-electron chi connectivity index (χ0n) is 15.1. The highest BCUT2D eigenvalue weighted by molar-refractivity contribution is 5.71. The molecule has 0 saturated carbocycles. The third-order valence-electron chi connectivity index (χ3n) is 4.53. The van der Waals surface area contributed by atoms with Crippen LogP contribution in [0.25, 0.3) is 11.1 Å². The van der Waals surface area contributed by atoms with E-state index >= 15 is 0 Å². The van der Waals surface area contributed by atoms with Crippen molar-refractivity contribution in [2.24, 2.45) is 0 Å². The molecule has 132 valence electrons. The topological polar surface area (TPSA) is 26.3 Å². The van der Waals surface area contributed by atoms with Crippen LogP contribution in [0.15, 0.2) is 84.9 Å². The summed E-state index contributed by atoms with van der Waals surface area (Å²) < 4.78 is 5.19. The minimum atomic E-state index is -0.138. The maximum Gasteiger partial charge on any atom is 0.306 e. The van der Waals surface area contributed by atoms with E-state index in [1.807, 2.05) is 43.3 Å². The van der Waals surface area contributed by atoms with E-state index in [0.29, 0.717) is 13.0 Å². The molecule has 26 heavy (non-hydrogen) atoms. The minimum absolute atomic E-state index is 0.112. The van der Waals surface area contributed by atoms with Crippen molar-refractivity contribution in [3.8, 4) is 11.1 Å². The van der Waals surface area contributed by atoms with Gasteiger partial charge in [-0.15, -0.1) is 0 Å². The van der Waals surface area contributed by atoms with Gasteiger partial charge in [-0.2, -0.15) is 0 Å². The molecule has 3 aromatic rings. The normalized spacial score (nSPS) is 11.7. The molecule has 0 radical (unpaired) electrons. The number of carbonyl (C=O) groups is 1. The third kappa shape index (κ3) is 4.82. The summed E-state index contributed by atoms with van der Waals surface area (Å²) >= 11 is 0. The first kappa shape index (κ1) is 17.9. The summed E-state index contributed by atoms with van der Waals surface area (Å²) in [5.74, 6) is -0.0261. The van der Waals surface area contributed by atoms with E-state index < -0.39 is 0 Å². The molecule has 0 spiro atoms. The van der Waals surface area contributed by atoms with Gasteiger partial charge < -0.3 is 4.74 Å². The largest absolute Gasteiger partial charge is 0.466 e. The lowest BCUT2D eigenvalue weighted by Crippen LogP contribution is -2.12. The van der Waals surface area contributed by atoms with E-state index in [-0.39, 0.29) is 11.9 Å². The van der Waals surface area contributed by atoms with E-state index in [2.05, 4.69) is 48.5 Å². The Morgan fingerprint density at radius 2 is 1.38 bits per heavy atom. The van der Waals surface area contributed by atoms with Gasteiger partial charge in [0.2, 0.25) is 0 Å². The molecule has 0 aliphatic rings. The Hall–Kier alpha value is -2.87. The van der Waals surface area contributed by atoms with Gasteiger partial charge in [0.05, 0.1) is 13.0 Å². The lowest BCUT2D eigenvalue weighted by Gasteiger charge is -2.17. The van der Waals surface area contributed by atoms with Crippen LogP contribution in [0.5, 0.6) is 0 Å². The van der Waals surface area contributed by atoms with Crippen molar-refractivity contribution in [2.75, 3.05) is 6.61 Å². The van der Waals surface area contributed by atoms with E-state index in [0.717, 1.165) is 6.42 Å². The van der Waals surface area contributed by atoms with E-state index in [1.54, 1.807) is 0 Å². The Balaban J connectivity index is 1.82. The van der Waals surface area contributed by atoms with Crippen molar-refractivity contribution in [1.82, 2.24) is 0 Å². The monoisotopic (exact) mass is 344 g/mol. The highest BCUT2D eigenvalue weighted by Gasteiger charge is 2.18.